The fraction of sp³-hybridized carbons (Fsp3) is 0.950. The summed E-state index contributed by atoms with van der Waals surface area (Å²) in [6, 6.07) is 0. The van der Waals surface area contributed by atoms with Gasteiger partial charge >= 0.3 is 5.97 Å². The summed E-state index contributed by atoms with van der Waals surface area (Å²) in [5, 5.41) is 0. The molecule has 0 unspecified atom stereocenters. The number of carbonyl (C=O) groups is 1. The second kappa shape index (κ2) is 5.53. The summed E-state index contributed by atoms with van der Waals surface area (Å²) in [5.74, 6) is -0.0238. The minimum absolute atomic E-state index is 0.0180. The number of hydrogen-bond donors (Lipinski definition) is 0. The minimum Gasteiger partial charge on any atom is -0.458 e. The first-order valence-corrected chi connectivity index (χ1v) is 8.82. The fourth-order valence-corrected chi connectivity index (χ4v) is 3.97. The molecule has 1 fully saturated rings. The maximum atomic E-state index is 13.3. The molecule has 0 spiro atoms. The van der Waals surface area contributed by atoms with Crippen LogP contribution in [0.3, 0.4) is 0 Å². The Morgan fingerprint density at radius 3 is 1.41 bits per heavy atom. The van der Waals surface area contributed by atoms with Crippen molar-refractivity contribution >= 4 is 5.97 Å². The molecule has 0 aromatic carbocycles. The highest BCUT2D eigenvalue weighted by molar-refractivity contribution is 5.79. The molecule has 0 bridgehead atoms. The van der Waals surface area contributed by atoms with E-state index in [1.807, 2.05) is 0 Å². The van der Waals surface area contributed by atoms with Crippen LogP contribution in [0.1, 0.15) is 94.9 Å². The van der Waals surface area contributed by atoms with Crippen molar-refractivity contribution in [3.05, 3.63) is 0 Å². The summed E-state index contributed by atoms with van der Waals surface area (Å²) >= 11 is 0. The van der Waals surface area contributed by atoms with Gasteiger partial charge in [-0.2, -0.15) is 0 Å². The zero-order chi connectivity index (χ0) is 17.6. The molecule has 0 heterocycles. The van der Waals surface area contributed by atoms with Gasteiger partial charge in [-0.05, 0) is 43.4 Å². The van der Waals surface area contributed by atoms with Crippen LogP contribution in [0.25, 0.3) is 0 Å². The molecule has 0 amide bonds. The maximum absolute atomic E-state index is 13.3. The van der Waals surface area contributed by atoms with Gasteiger partial charge in [0.05, 0.1) is 5.41 Å². The van der Waals surface area contributed by atoms with Crippen LogP contribution in [-0.4, -0.2) is 11.6 Å². The van der Waals surface area contributed by atoms with Crippen LogP contribution in [-0.2, 0) is 9.53 Å². The van der Waals surface area contributed by atoms with Crippen LogP contribution in [0.2, 0.25) is 0 Å². The summed E-state index contributed by atoms with van der Waals surface area (Å²) < 4.78 is 6.34. The van der Waals surface area contributed by atoms with Gasteiger partial charge in [-0.3, -0.25) is 4.79 Å². The topological polar surface area (TPSA) is 26.3 Å². The Balaban J connectivity index is 3.23. The van der Waals surface area contributed by atoms with Gasteiger partial charge in [-0.15, -0.1) is 0 Å². The van der Waals surface area contributed by atoms with E-state index in [9.17, 15) is 4.79 Å². The Kier molecular flexibility index (Phi) is 4.90. The highest BCUT2D eigenvalue weighted by Gasteiger charge is 2.57. The SMILES string of the molecule is CC(C)(C)C1(OC(=O)C(C)(C(C)(C)C)C(C)(C)C)CCCC1. The summed E-state index contributed by atoms with van der Waals surface area (Å²) in [4.78, 5) is 13.3. The molecule has 0 radical (unpaired) electrons. The van der Waals surface area contributed by atoms with Crippen molar-refractivity contribution in [1.29, 1.82) is 0 Å². The van der Waals surface area contributed by atoms with Crippen molar-refractivity contribution in [3.63, 3.8) is 0 Å². The van der Waals surface area contributed by atoms with E-state index >= 15 is 0 Å². The van der Waals surface area contributed by atoms with E-state index in [0.717, 1.165) is 25.7 Å². The zero-order valence-electron chi connectivity index (χ0n) is 16.6. The van der Waals surface area contributed by atoms with Crippen LogP contribution in [0.5, 0.6) is 0 Å². The first-order chi connectivity index (χ1) is 9.58. The molecule has 1 aliphatic carbocycles. The number of carbonyl (C=O) groups excluding carboxylic acids is 1. The molecule has 1 saturated carbocycles. The van der Waals surface area contributed by atoms with E-state index in [4.69, 9.17) is 4.74 Å². The number of hydrogen-bond acceptors (Lipinski definition) is 2. The molecule has 0 aromatic rings. The van der Waals surface area contributed by atoms with E-state index in [0.29, 0.717) is 0 Å². The van der Waals surface area contributed by atoms with E-state index < -0.39 is 5.41 Å². The molecule has 1 rings (SSSR count). The van der Waals surface area contributed by atoms with Crippen LogP contribution in [0.15, 0.2) is 0 Å². The van der Waals surface area contributed by atoms with E-state index in [1.54, 1.807) is 0 Å². The Morgan fingerprint density at radius 2 is 1.14 bits per heavy atom. The van der Waals surface area contributed by atoms with Crippen LogP contribution >= 0.6 is 0 Å². The Bertz CT molecular complexity index is 392. The molecule has 2 heteroatoms. The second-order valence-electron chi connectivity index (χ2n) is 10.5. The molecule has 0 atom stereocenters. The molecule has 130 valence electrons. The van der Waals surface area contributed by atoms with Crippen molar-refractivity contribution in [1.82, 2.24) is 0 Å². The van der Waals surface area contributed by atoms with Gasteiger partial charge in [0.15, 0.2) is 0 Å². The van der Waals surface area contributed by atoms with Crippen LogP contribution in [0, 0.1) is 21.7 Å². The lowest BCUT2D eigenvalue weighted by Crippen LogP contribution is -2.55. The summed E-state index contributed by atoms with van der Waals surface area (Å²) in [6.07, 6.45) is 4.30. The highest BCUT2D eigenvalue weighted by Crippen LogP contribution is 2.55. The Hall–Kier alpha value is -0.530. The average Bonchev–Trinajstić information content (AvgIpc) is 2.73. The number of esters is 1. The highest BCUT2D eigenvalue weighted by atomic mass is 16.6. The largest absolute Gasteiger partial charge is 0.458 e. The standard InChI is InChI=1S/C20H38O2/c1-16(2,3)19(10,17(4,5)6)15(21)22-20(18(7,8)9)13-11-12-14-20/h11-14H2,1-10H3. The zero-order valence-corrected chi connectivity index (χ0v) is 16.6. The average molecular weight is 311 g/mol. The van der Waals surface area contributed by atoms with Crippen molar-refractivity contribution in [3.8, 4) is 0 Å². The van der Waals surface area contributed by atoms with Gasteiger partial charge in [0.1, 0.15) is 5.60 Å². The first kappa shape index (κ1) is 19.5. The maximum Gasteiger partial charge on any atom is 0.313 e. The van der Waals surface area contributed by atoms with Gasteiger partial charge in [-0.1, -0.05) is 62.3 Å². The van der Waals surface area contributed by atoms with Gasteiger partial charge in [0.25, 0.3) is 0 Å². The van der Waals surface area contributed by atoms with Gasteiger partial charge in [0, 0.05) is 5.41 Å². The fourth-order valence-electron chi connectivity index (χ4n) is 3.97. The van der Waals surface area contributed by atoms with Crippen molar-refractivity contribution in [2.75, 3.05) is 0 Å². The molecule has 0 N–H and O–H groups in total. The molecular weight excluding hydrogens is 272 g/mol. The van der Waals surface area contributed by atoms with Gasteiger partial charge in [0.2, 0.25) is 0 Å². The number of rotatable bonds is 2. The minimum atomic E-state index is -0.527. The summed E-state index contributed by atoms with van der Waals surface area (Å²) in [6.45, 7) is 21.6. The second-order valence-corrected chi connectivity index (χ2v) is 10.5. The summed E-state index contributed by atoms with van der Waals surface area (Å²) in [7, 11) is 0. The quantitative estimate of drug-likeness (QED) is 0.586. The third kappa shape index (κ3) is 3.08. The van der Waals surface area contributed by atoms with E-state index in [2.05, 4.69) is 69.2 Å². The smallest absolute Gasteiger partial charge is 0.313 e. The Labute approximate surface area is 138 Å². The molecular formula is C20H38O2. The molecule has 0 aromatic heterocycles. The predicted molar refractivity (Wildman–Crippen MR) is 93.8 cm³/mol. The van der Waals surface area contributed by atoms with E-state index in [1.165, 1.54) is 0 Å². The molecule has 2 nitrogen and oxygen atoms in total. The summed E-state index contributed by atoms with van der Waals surface area (Å²) in [5.41, 5.74) is -1.15. The molecule has 22 heavy (non-hydrogen) atoms. The molecule has 0 aliphatic heterocycles. The van der Waals surface area contributed by atoms with Gasteiger partial charge < -0.3 is 4.74 Å². The van der Waals surface area contributed by atoms with Crippen molar-refractivity contribution in [2.45, 2.75) is 101 Å². The van der Waals surface area contributed by atoms with Crippen LogP contribution in [0.4, 0.5) is 0 Å². The van der Waals surface area contributed by atoms with Gasteiger partial charge in [-0.25, -0.2) is 0 Å². The predicted octanol–water partition coefficient (Wildman–Crippen LogP) is 5.99. The normalized spacial score (nSPS) is 20.1. The lowest BCUT2D eigenvalue weighted by atomic mass is 9.55. The first-order valence-electron chi connectivity index (χ1n) is 8.82. The number of ether oxygens (including phenoxy) is 1. The Morgan fingerprint density at radius 1 is 0.773 bits per heavy atom. The molecule has 1 aliphatic rings. The van der Waals surface area contributed by atoms with Crippen molar-refractivity contribution in [2.24, 2.45) is 21.7 Å². The third-order valence-corrected chi connectivity index (χ3v) is 6.47. The monoisotopic (exact) mass is 310 g/mol. The van der Waals surface area contributed by atoms with Crippen molar-refractivity contribution < 1.29 is 9.53 Å². The van der Waals surface area contributed by atoms with E-state index in [-0.39, 0.29) is 27.8 Å². The van der Waals surface area contributed by atoms with Crippen LogP contribution < -0.4 is 0 Å². The third-order valence-electron chi connectivity index (χ3n) is 6.47. The lowest BCUT2D eigenvalue weighted by molar-refractivity contribution is -0.200. The molecule has 0 saturated heterocycles. The lowest BCUT2D eigenvalue weighted by Gasteiger charge is -2.51.